The fourth-order valence-corrected chi connectivity index (χ4v) is 6.76. The molecule has 0 unspecified atom stereocenters. The number of rotatable bonds is 7. The Kier molecular flexibility index (Phi) is 12.8. The molecular weight excluding hydrogens is 632 g/mol. The summed E-state index contributed by atoms with van der Waals surface area (Å²) < 4.78 is 29.7. The van der Waals surface area contributed by atoms with Gasteiger partial charge in [-0.15, -0.1) is 0 Å². The van der Waals surface area contributed by atoms with Gasteiger partial charge in [-0.2, -0.15) is 0 Å². The van der Waals surface area contributed by atoms with Crippen LogP contribution in [-0.4, -0.2) is 71.1 Å². The van der Waals surface area contributed by atoms with Crippen molar-refractivity contribution in [3.05, 3.63) is 71.3 Å². The highest BCUT2D eigenvalue weighted by Crippen LogP contribution is 2.49. The van der Waals surface area contributed by atoms with Gasteiger partial charge >= 0.3 is 29.8 Å². The molecule has 1 saturated carbocycles. The number of ether oxygens (including phenoxy) is 5. The van der Waals surface area contributed by atoms with Gasteiger partial charge < -0.3 is 28.8 Å². The second kappa shape index (κ2) is 16.0. The molecule has 0 bridgehead atoms. The Morgan fingerprint density at radius 1 is 0.816 bits per heavy atom. The lowest BCUT2D eigenvalue weighted by Gasteiger charge is -2.42. The molecule has 0 radical (unpaired) electrons. The largest absolute Gasteiger partial charge is 0.459 e. The number of allylic oxidation sites excluding steroid dienone is 1. The molecule has 0 saturated heterocycles. The number of esters is 5. The zero-order valence-electron chi connectivity index (χ0n) is 30.1. The van der Waals surface area contributed by atoms with Crippen molar-refractivity contribution in [3.8, 4) is 0 Å². The van der Waals surface area contributed by atoms with Crippen LogP contribution in [0.2, 0.25) is 0 Å². The van der Waals surface area contributed by atoms with Crippen molar-refractivity contribution in [2.24, 2.45) is 23.2 Å². The number of hydrogen-bond donors (Lipinski definition) is 1. The van der Waals surface area contributed by atoms with Crippen LogP contribution in [0, 0.1) is 23.2 Å². The van der Waals surface area contributed by atoms with Gasteiger partial charge in [0, 0.05) is 43.6 Å². The van der Waals surface area contributed by atoms with E-state index in [0.29, 0.717) is 11.1 Å². The van der Waals surface area contributed by atoms with E-state index in [1.165, 1.54) is 20.8 Å². The molecule has 2 aliphatic carbocycles. The summed E-state index contributed by atoms with van der Waals surface area (Å²) in [6.45, 7) is 15.7. The lowest BCUT2D eigenvalue weighted by atomic mass is 9.74. The molecule has 1 aromatic carbocycles. The van der Waals surface area contributed by atoms with Crippen molar-refractivity contribution in [2.45, 2.75) is 112 Å². The first-order valence-corrected chi connectivity index (χ1v) is 16.5. The van der Waals surface area contributed by atoms with Crippen molar-refractivity contribution >= 4 is 29.8 Å². The van der Waals surface area contributed by atoms with Gasteiger partial charge in [-0.25, -0.2) is 9.59 Å². The molecule has 11 heteroatoms. The van der Waals surface area contributed by atoms with Gasteiger partial charge in [-0.3, -0.25) is 14.4 Å². The molecule has 0 spiro atoms. The molecule has 0 heterocycles. The molecule has 268 valence electrons. The first kappa shape index (κ1) is 39.2. The molecule has 1 fully saturated rings. The summed E-state index contributed by atoms with van der Waals surface area (Å²) in [6.07, 6.45) is 0.846. The van der Waals surface area contributed by atoms with Crippen LogP contribution in [0.15, 0.2) is 65.8 Å². The Hall–Kier alpha value is -4.25. The van der Waals surface area contributed by atoms with Gasteiger partial charge in [0.1, 0.15) is 17.8 Å². The maximum absolute atomic E-state index is 13.4. The van der Waals surface area contributed by atoms with Gasteiger partial charge in [-0.1, -0.05) is 70.2 Å². The Morgan fingerprint density at radius 2 is 1.39 bits per heavy atom. The second-order valence-corrected chi connectivity index (χ2v) is 13.8. The molecule has 2 aliphatic rings. The molecule has 49 heavy (non-hydrogen) atoms. The van der Waals surface area contributed by atoms with E-state index in [4.69, 9.17) is 23.7 Å². The quantitative estimate of drug-likeness (QED) is 0.169. The molecule has 1 N–H and O–H groups in total. The zero-order chi connectivity index (χ0) is 36.8. The van der Waals surface area contributed by atoms with Gasteiger partial charge in [-0.05, 0) is 50.8 Å². The van der Waals surface area contributed by atoms with E-state index in [-0.39, 0.29) is 12.0 Å². The van der Waals surface area contributed by atoms with E-state index in [1.807, 2.05) is 6.92 Å². The fourth-order valence-electron chi connectivity index (χ4n) is 6.76. The predicted molar refractivity (Wildman–Crippen MR) is 180 cm³/mol. The molecule has 0 amide bonds. The Labute approximate surface area is 288 Å². The first-order chi connectivity index (χ1) is 22.8. The SMILES string of the molecule is C/C=C(\C)C(=O)O[C@H]1/C(C)=C/[C@H]2[C@@H](OC(=O)c3ccccc3)[C@@H](C)C[C@]2(O)[C@@H](OC(C)=O)[C@@H](C)/C=C/C(C)(C)[C@H](OC(C)=O)[C@H]1OC(C)=O. The van der Waals surface area contributed by atoms with Crippen LogP contribution in [0.5, 0.6) is 0 Å². The number of hydrogen-bond acceptors (Lipinski definition) is 11. The monoisotopic (exact) mass is 682 g/mol. The molecule has 1 aromatic rings. The van der Waals surface area contributed by atoms with Crippen LogP contribution in [0.1, 0.15) is 86.0 Å². The van der Waals surface area contributed by atoms with Gasteiger partial charge in [0.25, 0.3) is 0 Å². The van der Waals surface area contributed by atoms with Crippen LogP contribution in [0.3, 0.4) is 0 Å². The number of benzene rings is 1. The molecule has 3 rings (SSSR count). The average Bonchev–Trinajstić information content (AvgIpc) is 3.26. The highest BCUT2D eigenvalue weighted by molar-refractivity contribution is 5.89. The van der Waals surface area contributed by atoms with Gasteiger partial charge in [0.05, 0.1) is 5.56 Å². The minimum Gasteiger partial charge on any atom is -0.459 e. The molecule has 0 aromatic heterocycles. The highest BCUT2D eigenvalue weighted by Gasteiger charge is 2.59. The summed E-state index contributed by atoms with van der Waals surface area (Å²) >= 11 is 0. The first-order valence-electron chi connectivity index (χ1n) is 16.5. The fraction of sp³-hybridized carbons (Fsp3) is 0.553. The van der Waals surface area contributed by atoms with E-state index < -0.39 is 89.1 Å². The topological polar surface area (TPSA) is 152 Å². The van der Waals surface area contributed by atoms with E-state index in [9.17, 15) is 29.1 Å². The lowest BCUT2D eigenvalue weighted by Crippen LogP contribution is -2.54. The third-order valence-electron chi connectivity index (χ3n) is 9.29. The van der Waals surface area contributed by atoms with Crippen LogP contribution in [0.25, 0.3) is 0 Å². The third-order valence-corrected chi connectivity index (χ3v) is 9.29. The maximum atomic E-state index is 13.4. The number of aliphatic hydroxyl groups is 1. The van der Waals surface area contributed by atoms with Crippen LogP contribution in [0.4, 0.5) is 0 Å². The summed E-state index contributed by atoms with van der Waals surface area (Å²) in [6, 6.07) is 8.41. The van der Waals surface area contributed by atoms with Crippen LogP contribution < -0.4 is 0 Å². The minimum atomic E-state index is -1.78. The number of carbonyl (C=O) groups is 5. The minimum absolute atomic E-state index is 0.0826. The van der Waals surface area contributed by atoms with Crippen molar-refractivity contribution < 1.29 is 52.8 Å². The zero-order valence-corrected chi connectivity index (χ0v) is 30.1. The number of fused-ring (bicyclic) bond motifs is 1. The highest BCUT2D eigenvalue weighted by atomic mass is 16.6. The Balaban J connectivity index is 2.38. The van der Waals surface area contributed by atoms with Crippen LogP contribution in [-0.2, 0) is 42.9 Å². The molecule has 9 atom stereocenters. The normalized spacial score (nSPS) is 33.2. The van der Waals surface area contributed by atoms with Gasteiger partial charge in [0.2, 0.25) is 0 Å². The Morgan fingerprint density at radius 3 is 1.94 bits per heavy atom. The van der Waals surface area contributed by atoms with Crippen molar-refractivity contribution in [2.75, 3.05) is 0 Å². The van der Waals surface area contributed by atoms with E-state index in [0.717, 1.165) is 0 Å². The number of carbonyl (C=O) groups excluding carboxylic acids is 5. The summed E-state index contributed by atoms with van der Waals surface area (Å²) in [5.41, 5.74) is -1.94. The molecular formula is C38H50O11. The standard InChI is InChI=1S/C38H50O11/c1-11-21(2)35(42)49-31-23(4)19-29-30(48-36(43)28-15-13-12-14-16-28)24(5)20-38(29,44)33(46-26(7)40)22(3)17-18-37(9,10)34(47-27(8)41)32(31)45-25(6)39/h11-19,22,24,29-34,44H,20H2,1-10H3/b18-17+,21-11+,23-19+/t22-,24-,29-,30-,31-,32-,33-,34+,38+/m0/s1. The average molecular weight is 683 g/mol. The predicted octanol–water partition coefficient (Wildman–Crippen LogP) is 5.45. The van der Waals surface area contributed by atoms with E-state index in [1.54, 1.807) is 96.2 Å². The maximum Gasteiger partial charge on any atom is 0.338 e. The van der Waals surface area contributed by atoms with Crippen molar-refractivity contribution in [3.63, 3.8) is 0 Å². The van der Waals surface area contributed by atoms with Crippen LogP contribution >= 0.6 is 0 Å². The van der Waals surface area contributed by atoms with Crippen molar-refractivity contribution in [1.82, 2.24) is 0 Å². The van der Waals surface area contributed by atoms with Gasteiger partial charge in [0.15, 0.2) is 18.3 Å². The third kappa shape index (κ3) is 9.26. The summed E-state index contributed by atoms with van der Waals surface area (Å²) in [7, 11) is 0. The van der Waals surface area contributed by atoms with Crippen molar-refractivity contribution in [1.29, 1.82) is 0 Å². The second-order valence-electron chi connectivity index (χ2n) is 13.8. The van der Waals surface area contributed by atoms with E-state index >= 15 is 0 Å². The summed E-state index contributed by atoms with van der Waals surface area (Å²) in [4.78, 5) is 64.5. The van der Waals surface area contributed by atoms with E-state index in [2.05, 4.69) is 0 Å². The smallest absolute Gasteiger partial charge is 0.338 e. The lowest BCUT2D eigenvalue weighted by molar-refractivity contribution is -0.187. The molecule has 11 nitrogen and oxygen atoms in total. The summed E-state index contributed by atoms with van der Waals surface area (Å²) in [5.74, 6) is -5.35. The Bertz CT molecular complexity index is 1490. The summed E-state index contributed by atoms with van der Waals surface area (Å²) in [5, 5.41) is 12.7. The molecule has 0 aliphatic heterocycles.